The summed E-state index contributed by atoms with van der Waals surface area (Å²) in [6.07, 6.45) is -5.31. The van der Waals surface area contributed by atoms with Crippen molar-refractivity contribution in [1.82, 2.24) is 10.2 Å². The molecule has 3 rings (SSSR count). The van der Waals surface area contributed by atoms with Gasteiger partial charge in [-0.05, 0) is 37.6 Å². The maximum Gasteiger partial charge on any atom is 0.425 e. The summed E-state index contributed by atoms with van der Waals surface area (Å²) < 4.78 is 43.5. The maximum atomic E-state index is 14.5. The Kier molecular flexibility index (Phi) is 6.40. The van der Waals surface area contributed by atoms with Crippen molar-refractivity contribution in [2.75, 3.05) is 0 Å². The highest BCUT2D eigenvalue weighted by Gasteiger charge is 2.69. The molecule has 0 bridgehead atoms. The Hall–Kier alpha value is -2.84. The Bertz CT molecular complexity index is 1130. The molecule has 1 aliphatic rings. The molecule has 1 aliphatic heterocycles. The fraction of sp³-hybridized carbons (Fsp3) is 0.227. The normalized spacial score (nSPS) is 18.8. The first kappa shape index (κ1) is 23.8. The standard InChI is InChI=1S/C22H17Cl2F3N2O3/c1-12-18(13(2)30)21(22(25,26)27,20(32)29(12)11-14-6-4-3-5-7-14)28-19(31)16-9-8-15(23)10-17(16)24/h3-10H,11H2,1-2H3,(H,28,31). The summed E-state index contributed by atoms with van der Waals surface area (Å²) in [6.45, 7) is 1.95. The van der Waals surface area contributed by atoms with Crippen LogP contribution in [0.2, 0.25) is 10.0 Å². The lowest BCUT2D eigenvalue weighted by molar-refractivity contribution is -0.190. The average molecular weight is 485 g/mol. The number of carbonyl (C=O) groups is 3. The zero-order chi connectivity index (χ0) is 23.8. The van der Waals surface area contributed by atoms with Crippen LogP contribution in [0.3, 0.4) is 0 Å². The highest BCUT2D eigenvalue weighted by atomic mass is 35.5. The van der Waals surface area contributed by atoms with E-state index in [1.807, 2.05) is 0 Å². The first-order valence-corrected chi connectivity index (χ1v) is 10.1. The van der Waals surface area contributed by atoms with Gasteiger partial charge in [-0.15, -0.1) is 0 Å². The number of Topliss-reactive ketones (excluding diaryl/α,β-unsaturated/α-hetero) is 1. The van der Waals surface area contributed by atoms with Gasteiger partial charge in [0, 0.05) is 10.7 Å². The molecule has 0 aromatic heterocycles. The molecular formula is C22H17Cl2F3N2O3. The second-order valence-electron chi connectivity index (χ2n) is 7.22. The van der Waals surface area contributed by atoms with Crippen LogP contribution in [-0.2, 0) is 16.1 Å². The number of hydrogen-bond donors (Lipinski definition) is 1. The van der Waals surface area contributed by atoms with Crippen LogP contribution in [0.15, 0.2) is 59.8 Å². The summed E-state index contributed by atoms with van der Waals surface area (Å²) in [5.74, 6) is -3.74. The third kappa shape index (κ3) is 4.00. The minimum Gasteiger partial charge on any atom is -0.326 e. The van der Waals surface area contributed by atoms with Crippen LogP contribution in [0.25, 0.3) is 0 Å². The largest absolute Gasteiger partial charge is 0.425 e. The van der Waals surface area contributed by atoms with Gasteiger partial charge in [0.15, 0.2) is 5.78 Å². The Balaban J connectivity index is 2.13. The third-order valence-electron chi connectivity index (χ3n) is 5.15. The lowest BCUT2D eigenvalue weighted by Gasteiger charge is -2.33. The molecule has 0 saturated carbocycles. The van der Waals surface area contributed by atoms with Crippen LogP contribution in [0.5, 0.6) is 0 Å². The topological polar surface area (TPSA) is 66.5 Å². The van der Waals surface area contributed by atoms with Crippen LogP contribution in [0.1, 0.15) is 29.8 Å². The van der Waals surface area contributed by atoms with Gasteiger partial charge < -0.3 is 10.2 Å². The zero-order valence-corrected chi connectivity index (χ0v) is 18.4. The molecule has 1 unspecified atom stereocenters. The van der Waals surface area contributed by atoms with Crippen LogP contribution < -0.4 is 5.32 Å². The van der Waals surface area contributed by atoms with Gasteiger partial charge in [0.1, 0.15) is 0 Å². The molecule has 168 valence electrons. The fourth-order valence-corrected chi connectivity index (χ4v) is 4.20. The van der Waals surface area contributed by atoms with E-state index in [0.29, 0.717) is 5.56 Å². The van der Waals surface area contributed by atoms with Crippen LogP contribution in [0.4, 0.5) is 13.2 Å². The van der Waals surface area contributed by atoms with E-state index in [4.69, 9.17) is 23.2 Å². The molecule has 1 N–H and O–H groups in total. The van der Waals surface area contributed by atoms with Gasteiger partial charge in [-0.25, -0.2) is 0 Å². The molecule has 1 heterocycles. The van der Waals surface area contributed by atoms with Gasteiger partial charge in [-0.2, -0.15) is 13.2 Å². The van der Waals surface area contributed by atoms with Crippen LogP contribution in [-0.4, -0.2) is 34.2 Å². The van der Waals surface area contributed by atoms with Crippen molar-refractivity contribution in [3.63, 3.8) is 0 Å². The number of halogens is 5. The van der Waals surface area contributed by atoms with Gasteiger partial charge >= 0.3 is 6.18 Å². The Morgan fingerprint density at radius 1 is 1.09 bits per heavy atom. The summed E-state index contributed by atoms with van der Waals surface area (Å²) in [4.78, 5) is 39.3. The van der Waals surface area contributed by atoms with Crippen molar-refractivity contribution in [1.29, 1.82) is 0 Å². The summed E-state index contributed by atoms with van der Waals surface area (Å²) in [7, 11) is 0. The molecule has 0 spiro atoms. The minimum absolute atomic E-state index is 0.170. The number of allylic oxidation sites excluding steroid dienone is 1. The number of carbonyl (C=O) groups excluding carboxylic acids is 3. The molecule has 2 aromatic carbocycles. The van der Waals surface area contributed by atoms with E-state index in [1.54, 1.807) is 35.6 Å². The number of rotatable bonds is 5. The van der Waals surface area contributed by atoms with Crippen molar-refractivity contribution in [3.05, 3.63) is 81.0 Å². The maximum absolute atomic E-state index is 14.5. The predicted molar refractivity (Wildman–Crippen MR) is 113 cm³/mol. The molecule has 2 aromatic rings. The van der Waals surface area contributed by atoms with E-state index in [1.165, 1.54) is 19.1 Å². The summed E-state index contributed by atoms with van der Waals surface area (Å²) in [5, 5.41) is 1.74. The van der Waals surface area contributed by atoms with E-state index >= 15 is 0 Å². The molecule has 0 fully saturated rings. The van der Waals surface area contributed by atoms with E-state index in [9.17, 15) is 27.6 Å². The molecule has 0 radical (unpaired) electrons. The molecule has 0 aliphatic carbocycles. The molecule has 5 nitrogen and oxygen atoms in total. The molecule has 10 heteroatoms. The predicted octanol–water partition coefficient (Wildman–Crippen LogP) is 4.93. The Labute approximate surface area is 191 Å². The summed E-state index contributed by atoms with van der Waals surface area (Å²) in [6, 6.07) is 11.9. The molecule has 1 atom stereocenters. The SMILES string of the molecule is CC(=O)C1=C(C)N(Cc2ccccc2)C(=O)C1(NC(=O)c1ccc(Cl)cc1Cl)C(F)(F)F. The average Bonchev–Trinajstić information content (AvgIpc) is 2.90. The number of ketones is 1. The van der Waals surface area contributed by atoms with Gasteiger partial charge in [0.05, 0.1) is 22.7 Å². The first-order valence-electron chi connectivity index (χ1n) is 9.32. The number of nitrogens with one attached hydrogen (secondary N) is 1. The molecule has 2 amide bonds. The van der Waals surface area contributed by atoms with Crippen molar-refractivity contribution in [3.8, 4) is 0 Å². The number of alkyl halides is 3. The lowest BCUT2D eigenvalue weighted by Crippen LogP contribution is -2.66. The van der Waals surface area contributed by atoms with E-state index in [0.717, 1.165) is 17.9 Å². The van der Waals surface area contributed by atoms with Gasteiger partial charge in [-0.3, -0.25) is 14.4 Å². The van der Waals surface area contributed by atoms with Gasteiger partial charge in [0.25, 0.3) is 11.8 Å². The molecule has 32 heavy (non-hydrogen) atoms. The van der Waals surface area contributed by atoms with Crippen molar-refractivity contribution in [2.24, 2.45) is 0 Å². The van der Waals surface area contributed by atoms with Crippen LogP contribution in [0, 0.1) is 0 Å². The van der Waals surface area contributed by atoms with E-state index in [-0.39, 0.29) is 27.9 Å². The Morgan fingerprint density at radius 3 is 2.25 bits per heavy atom. The van der Waals surface area contributed by atoms with Crippen molar-refractivity contribution < 1.29 is 27.6 Å². The Morgan fingerprint density at radius 2 is 1.72 bits per heavy atom. The number of nitrogens with zero attached hydrogens (tertiary/aromatic N) is 1. The monoisotopic (exact) mass is 484 g/mol. The van der Waals surface area contributed by atoms with Gasteiger partial charge in [-0.1, -0.05) is 53.5 Å². The minimum atomic E-state index is -5.31. The zero-order valence-electron chi connectivity index (χ0n) is 16.9. The fourth-order valence-electron chi connectivity index (χ4n) is 3.70. The molecule has 0 saturated heterocycles. The van der Waals surface area contributed by atoms with E-state index < -0.39 is 34.9 Å². The number of amides is 2. The first-order chi connectivity index (χ1) is 14.9. The smallest absolute Gasteiger partial charge is 0.326 e. The number of hydrogen-bond acceptors (Lipinski definition) is 3. The highest BCUT2D eigenvalue weighted by molar-refractivity contribution is 6.36. The quantitative estimate of drug-likeness (QED) is 0.654. The van der Waals surface area contributed by atoms with E-state index in [2.05, 4.69) is 0 Å². The summed E-state index contributed by atoms with van der Waals surface area (Å²) in [5.41, 5.74) is -4.36. The third-order valence-corrected chi connectivity index (χ3v) is 5.69. The molecular weight excluding hydrogens is 468 g/mol. The van der Waals surface area contributed by atoms with Crippen LogP contribution >= 0.6 is 23.2 Å². The van der Waals surface area contributed by atoms with Gasteiger partial charge in [0.2, 0.25) is 5.54 Å². The number of benzene rings is 2. The lowest BCUT2D eigenvalue weighted by atomic mass is 9.86. The van der Waals surface area contributed by atoms with Crippen molar-refractivity contribution in [2.45, 2.75) is 32.1 Å². The highest BCUT2D eigenvalue weighted by Crippen LogP contribution is 2.45. The second kappa shape index (κ2) is 8.60. The summed E-state index contributed by atoms with van der Waals surface area (Å²) >= 11 is 11.8. The van der Waals surface area contributed by atoms with Crippen molar-refractivity contribution >= 4 is 40.8 Å². The second-order valence-corrected chi connectivity index (χ2v) is 8.06.